The maximum Gasteiger partial charge on any atom is 0.238 e. The number of ether oxygens (including phenoxy) is 1. The fourth-order valence-electron chi connectivity index (χ4n) is 2.54. The molecule has 4 nitrogen and oxygen atoms in total. The summed E-state index contributed by atoms with van der Waals surface area (Å²) in [6.07, 6.45) is 0. The Hall–Kier alpha value is -2.04. The van der Waals surface area contributed by atoms with Crippen molar-refractivity contribution in [2.45, 2.75) is 20.4 Å². The summed E-state index contributed by atoms with van der Waals surface area (Å²) in [5.41, 5.74) is 3.95. The third kappa shape index (κ3) is 4.98. The Morgan fingerprint density at radius 2 is 1.96 bits per heavy atom. The van der Waals surface area contributed by atoms with Gasteiger partial charge in [-0.15, -0.1) is 0 Å². The molecule has 0 unspecified atom stereocenters. The van der Waals surface area contributed by atoms with Gasteiger partial charge >= 0.3 is 0 Å². The summed E-state index contributed by atoms with van der Waals surface area (Å²) < 4.78 is 5.39. The second-order valence-electron chi connectivity index (χ2n) is 6.00. The van der Waals surface area contributed by atoms with E-state index in [2.05, 4.69) is 11.4 Å². The number of anilines is 1. The maximum atomic E-state index is 12.3. The van der Waals surface area contributed by atoms with Gasteiger partial charge in [0.2, 0.25) is 5.91 Å². The standard InChI is InChI=1S/C19H23ClN2O2/c1-13-5-8-18(24-4)15(9-13)11-22(3)12-19(23)21-17-10-16(20)7-6-14(17)2/h5-10H,11-12H2,1-4H3,(H,21,23). The van der Waals surface area contributed by atoms with Gasteiger partial charge in [0.15, 0.2) is 0 Å². The number of rotatable bonds is 6. The minimum absolute atomic E-state index is 0.0745. The molecule has 0 spiro atoms. The zero-order valence-electron chi connectivity index (χ0n) is 14.5. The normalized spacial score (nSPS) is 10.8. The van der Waals surface area contributed by atoms with Crippen LogP contribution in [0.3, 0.4) is 0 Å². The average molecular weight is 347 g/mol. The van der Waals surface area contributed by atoms with Gasteiger partial charge in [0.25, 0.3) is 0 Å². The molecule has 0 aliphatic carbocycles. The average Bonchev–Trinajstić information content (AvgIpc) is 2.51. The molecule has 0 heterocycles. The molecule has 1 amide bonds. The molecular formula is C19H23ClN2O2. The molecule has 0 aliphatic rings. The van der Waals surface area contributed by atoms with E-state index in [1.807, 2.05) is 50.1 Å². The first-order chi connectivity index (χ1) is 11.4. The van der Waals surface area contributed by atoms with Gasteiger partial charge in [-0.05, 0) is 44.7 Å². The van der Waals surface area contributed by atoms with Crippen LogP contribution in [0.4, 0.5) is 5.69 Å². The van der Waals surface area contributed by atoms with Gasteiger partial charge in [0.1, 0.15) is 5.75 Å². The van der Waals surface area contributed by atoms with Crippen LogP contribution < -0.4 is 10.1 Å². The molecule has 2 aromatic carbocycles. The summed E-state index contributed by atoms with van der Waals surface area (Å²) >= 11 is 5.99. The lowest BCUT2D eigenvalue weighted by Crippen LogP contribution is -2.30. The van der Waals surface area contributed by atoms with E-state index in [4.69, 9.17) is 16.3 Å². The van der Waals surface area contributed by atoms with Gasteiger partial charge < -0.3 is 10.1 Å². The highest BCUT2D eigenvalue weighted by Gasteiger charge is 2.11. The number of carbonyl (C=O) groups is 1. The van der Waals surface area contributed by atoms with Crippen molar-refractivity contribution < 1.29 is 9.53 Å². The summed E-state index contributed by atoms with van der Waals surface area (Å²) in [5, 5.41) is 3.52. The first-order valence-corrected chi connectivity index (χ1v) is 8.15. The lowest BCUT2D eigenvalue weighted by Gasteiger charge is -2.19. The molecule has 24 heavy (non-hydrogen) atoms. The van der Waals surface area contributed by atoms with E-state index in [-0.39, 0.29) is 12.5 Å². The van der Waals surface area contributed by atoms with Gasteiger partial charge in [-0.2, -0.15) is 0 Å². The number of halogens is 1. The minimum atomic E-state index is -0.0745. The molecular weight excluding hydrogens is 324 g/mol. The van der Waals surface area contributed by atoms with Crippen molar-refractivity contribution >= 4 is 23.2 Å². The highest BCUT2D eigenvalue weighted by Crippen LogP contribution is 2.22. The van der Waals surface area contributed by atoms with Crippen molar-refractivity contribution in [2.75, 3.05) is 26.0 Å². The number of nitrogens with one attached hydrogen (secondary N) is 1. The van der Waals surface area contributed by atoms with Crippen molar-refractivity contribution in [3.8, 4) is 5.75 Å². The van der Waals surface area contributed by atoms with Gasteiger partial charge in [0, 0.05) is 22.8 Å². The summed E-state index contributed by atoms with van der Waals surface area (Å²) in [7, 11) is 3.56. The van der Waals surface area contributed by atoms with E-state index < -0.39 is 0 Å². The Morgan fingerprint density at radius 3 is 2.67 bits per heavy atom. The molecule has 0 fully saturated rings. The molecule has 0 aromatic heterocycles. The van der Waals surface area contributed by atoms with Gasteiger partial charge in [-0.1, -0.05) is 35.4 Å². The minimum Gasteiger partial charge on any atom is -0.496 e. The lowest BCUT2D eigenvalue weighted by atomic mass is 10.1. The highest BCUT2D eigenvalue weighted by molar-refractivity contribution is 6.31. The zero-order valence-corrected chi connectivity index (χ0v) is 15.3. The first kappa shape index (κ1) is 18.3. The second-order valence-corrected chi connectivity index (χ2v) is 6.43. The number of hydrogen-bond donors (Lipinski definition) is 1. The Labute approximate surface area is 148 Å². The molecule has 0 saturated carbocycles. The number of carbonyl (C=O) groups excluding carboxylic acids is 1. The van der Waals surface area contributed by atoms with E-state index in [0.717, 1.165) is 22.6 Å². The second kappa shape index (κ2) is 8.18. The molecule has 2 rings (SSSR count). The molecule has 0 radical (unpaired) electrons. The summed E-state index contributed by atoms with van der Waals surface area (Å²) in [4.78, 5) is 14.2. The van der Waals surface area contributed by atoms with Crippen LogP contribution in [0.25, 0.3) is 0 Å². The number of amides is 1. The molecule has 0 aliphatic heterocycles. The Morgan fingerprint density at radius 1 is 1.21 bits per heavy atom. The van der Waals surface area contributed by atoms with Gasteiger partial charge in [-0.25, -0.2) is 0 Å². The predicted octanol–water partition coefficient (Wildman–Crippen LogP) is 4.04. The van der Waals surface area contributed by atoms with Crippen molar-refractivity contribution in [2.24, 2.45) is 0 Å². The maximum absolute atomic E-state index is 12.3. The SMILES string of the molecule is COc1ccc(C)cc1CN(C)CC(=O)Nc1cc(Cl)ccc1C. The Balaban J connectivity index is 1.99. The summed E-state index contributed by atoms with van der Waals surface area (Å²) in [5.74, 6) is 0.757. The molecule has 0 atom stereocenters. The number of hydrogen-bond acceptors (Lipinski definition) is 3. The van der Waals surface area contributed by atoms with Crippen LogP contribution in [-0.4, -0.2) is 31.5 Å². The number of methoxy groups -OCH3 is 1. The van der Waals surface area contributed by atoms with Gasteiger partial charge in [0.05, 0.1) is 13.7 Å². The highest BCUT2D eigenvalue weighted by atomic mass is 35.5. The topological polar surface area (TPSA) is 41.6 Å². The van der Waals surface area contributed by atoms with Crippen LogP contribution in [0.15, 0.2) is 36.4 Å². The van der Waals surface area contributed by atoms with Crippen LogP contribution >= 0.6 is 11.6 Å². The quantitative estimate of drug-likeness (QED) is 0.858. The molecule has 5 heteroatoms. The Bertz CT molecular complexity index is 731. The fourth-order valence-corrected chi connectivity index (χ4v) is 2.71. The van der Waals surface area contributed by atoms with Crippen molar-refractivity contribution in [1.29, 1.82) is 0 Å². The van der Waals surface area contributed by atoms with Gasteiger partial charge in [-0.3, -0.25) is 9.69 Å². The molecule has 2 aromatic rings. The largest absolute Gasteiger partial charge is 0.496 e. The zero-order chi connectivity index (χ0) is 17.7. The van der Waals surface area contributed by atoms with Crippen molar-refractivity contribution in [3.05, 3.63) is 58.1 Å². The molecule has 0 saturated heterocycles. The third-order valence-corrected chi connectivity index (χ3v) is 4.00. The smallest absolute Gasteiger partial charge is 0.238 e. The monoisotopic (exact) mass is 346 g/mol. The Kier molecular flexibility index (Phi) is 6.23. The van der Waals surface area contributed by atoms with Crippen LogP contribution in [0, 0.1) is 13.8 Å². The molecule has 0 bridgehead atoms. The number of likely N-dealkylation sites (N-methyl/N-ethyl adjacent to an activating group) is 1. The predicted molar refractivity (Wildman–Crippen MR) is 98.9 cm³/mol. The summed E-state index contributed by atoms with van der Waals surface area (Å²) in [6, 6.07) is 11.5. The number of benzene rings is 2. The molecule has 1 N–H and O–H groups in total. The summed E-state index contributed by atoms with van der Waals surface area (Å²) in [6.45, 7) is 4.89. The fraction of sp³-hybridized carbons (Fsp3) is 0.316. The van der Waals surface area contributed by atoms with E-state index >= 15 is 0 Å². The first-order valence-electron chi connectivity index (χ1n) is 7.77. The number of aryl methyl sites for hydroxylation is 2. The van der Waals surface area contributed by atoms with Crippen molar-refractivity contribution in [1.82, 2.24) is 4.90 Å². The van der Waals surface area contributed by atoms with Crippen LogP contribution in [0.1, 0.15) is 16.7 Å². The van der Waals surface area contributed by atoms with E-state index in [0.29, 0.717) is 11.6 Å². The molecule has 128 valence electrons. The van der Waals surface area contributed by atoms with E-state index in [9.17, 15) is 4.79 Å². The van der Waals surface area contributed by atoms with E-state index in [1.165, 1.54) is 5.56 Å². The van der Waals surface area contributed by atoms with Crippen LogP contribution in [-0.2, 0) is 11.3 Å². The lowest BCUT2D eigenvalue weighted by molar-refractivity contribution is -0.117. The van der Waals surface area contributed by atoms with Crippen LogP contribution in [0.2, 0.25) is 5.02 Å². The van der Waals surface area contributed by atoms with Crippen LogP contribution in [0.5, 0.6) is 5.75 Å². The van der Waals surface area contributed by atoms with Crippen molar-refractivity contribution in [3.63, 3.8) is 0 Å². The van der Waals surface area contributed by atoms with E-state index in [1.54, 1.807) is 13.2 Å². The third-order valence-electron chi connectivity index (χ3n) is 3.76. The number of nitrogens with zero attached hydrogens (tertiary/aromatic N) is 1.